The first-order valence-corrected chi connectivity index (χ1v) is 15.8. The number of hydrogen-bond acceptors (Lipinski definition) is 6. The number of nitrogens with one attached hydrogen (secondary N) is 1. The predicted octanol–water partition coefficient (Wildman–Crippen LogP) is 8.25. The van der Waals surface area contributed by atoms with Crippen LogP contribution in [0.4, 0.5) is 0 Å². The summed E-state index contributed by atoms with van der Waals surface area (Å²) >= 11 is 1.40. The summed E-state index contributed by atoms with van der Waals surface area (Å²) in [7, 11) is 0. The van der Waals surface area contributed by atoms with E-state index < -0.39 is 5.91 Å². The lowest BCUT2D eigenvalue weighted by molar-refractivity contribution is -0.114. The summed E-state index contributed by atoms with van der Waals surface area (Å²) in [4.78, 5) is 17.0. The van der Waals surface area contributed by atoms with E-state index in [2.05, 4.69) is 36.1 Å². The molecule has 0 bridgehead atoms. The first kappa shape index (κ1) is 30.6. The summed E-state index contributed by atoms with van der Waals surface area (Å²) in [5.74, 6) is 1.14. The molecule has 0 spiro atoms. The Hall–Kier alpha value is -3.39. The van der Waals surface area contributed by atoms with Gasteiger partial charge in [-0.3, -0.25) is 10.2 Å². The number of rotatable bonds is 17. The minimum absolute atomic E-state index is 0.0557. The van der Waals surface area contributed by atoms with Gasteiger partial charge in [0.2, 0.25) is 5.17 Å². The molecule has 0 aliphatic carbocycles. The van der Waals surface area contributed by atoms with E-state index in [0.29, 0.717) is 24.1 Å². The number of benzene rings is 2. The van der Waals surface area contributed by atoms with Gasteiger partial charge in [0.05, 0.1) is 5.57 Å². The van der Waals surface area contributed by atoms with Gasteiger partial charge in [0, 0.05) is 0 Å². The number of unbranched alkanes of at least 4 members (excludes halogenated alkanes) is 7. The van der Waals surface area contributed by atoms with E-state index in [1.54, 1.807) is 6.08 Å². The molecule has 2 heterocycles. The number of carbonyl (C=O) groups is 1. The fourth-order valence-electron chi connectivity index (χ4n) is 4.70. The van der Waals surface area contributed by atoms with Crippen LogP contribution in [-0.4, -0.2) is 40.2 Å². The average molecular weight is 575 g/mol. The molecule has 0 radical (unpaired) electrons. The SMILES string of the molecule is CCCCCCCC1=NN2C(=N)/C(=C/c3cccc(OCCOc4ccc(CCCCCC)cc4)c3)C(=O)N=C2S1. The molecular weight excluding hydrogens is 532 g/mol. The lowest BCUT2D eigenvalue weighted by Crippen LogP contribution is -2.35. The van der Waals surface area contributed by atoms with Gasteiger partial charge in [0.1, 0.15) is 29.8 Å². The van der Waals surface area contributed by atoms with Gasteiger partial charge in [-0.1, -0.05) is 83.1 Å². The number of fused-ring (bicyclic) bond motifs is 1. The molecule has 8 heteroatoms. The van der Waals surface area contributed by atoms with Crippen LogP contribution >= 0.6 is 11.8 Å². The predicted molar refractivity (Wildman–Crippen MR) is 170 cm³/mol. The summed E-state index contributed by atoms with van der Waals surface area (Å²) in [6.07, 6.45) is 14.6. The van der Waals surface area contributed by atoms with Gasteiger partial charge >= 0.3 is 0 Å². The molecule has 0 aromatic heterocycles. The summed E-state index contributed by atoms with van der Waals surface area (Å²) in [5, 5.41) is 16.1. The van der Waals surface area contributed by atoms with Crippen LogP contribution in [0.25, 0.3) is 6.08 Å². The Morgan fingerprint density at radius 3 is 2.29 bits per heavy atom. The minimum Gasteiger partial charge on any atom is -0.490 e. The number of hydrazone groups is 1. The van der Waals surface area contributed by atoms with Crippen LogP contribution in [0.15, 0.2) is 64.2 Å². The Bertz CT molecular complexity index is 1270. The standard InChI is InChI=1S/C33H42N4O3S/c1-3-5-7-9-11-16-30-36-37-31(34)29(32(38)35-33(37)41-30)24-26-14-12-15-28(23-26)40-22-21-39-27-19-17-25(18-20-27)13-10-8-6-4-2/h12,14-15,17-20,23-24,34H,3-11,13,16,21-22H2,1-2H3/b29-24-,34-31?. The first-order valence-electron chi connectivity index (χ1n) is 15.0. The number of ether oxygens (including phenoxy) is 2. The van der Waals surface area contributed by atoms with E-state index in [9.17, 15) is 4.79 Å². The molecule has 7 nitrogen and oxygen atoms in total. The van der Waals surface area contributed by atoms with Gasteiger partial charge in [-0.2, -0.15) is 15.1 Å². The van der Waals surface area contributed by atoms with Crippen molar-refractivity contribution in [1.82, 2.24) is 5.01 Å². The number of thioether (sulfide) groups is 1. The second-order valence-electron chi connectivity index (χ2n) is 10.4. The van der Waals surface area contributed by atoms with E-state index in [1.807, 2.05) is 36.4 Å². The molecule has 1 N–H and O–H groups in total. The third-order valence-electron chi connectivity index (χ3n) is 7.02. The van der Waals surface area contributed by atoms with E-state index >= 15 is 0 Å². The summed E-state index contributed by atoms with van der Waals surface area (Å²) in [5.41, 5.74) is 2.32. The van der Waals surface area contributed by atoms with Crippen LogP contribution in [0, 0.1) is 5.41 Å². The normalized spacial score (nSPS) is 15.7. The molecule has 2 aromatic rings. The van der Waals surface area contributed by atoms with Crippen LogP contribution in [-0.2, 0) is 11.2 Å². The number of aliphatic imine (C=N–C) groups is 1. The highest BCUT2D eigenvalue weighted by Crippen LogP contribution is 2.30. The van der Waals surface area contributed by atoms with Crippen molar-refractivity contribution in [3.05, 3.63) is 65.2 Å². The summed E-state index contributed by atoms with van der Waals surface area (Å²) in [6, 6.07) is 15.8. The zero-order valence-corrected chi connectivity index (χ0v) is 25.2. The summed E-state index contributed by atoms with van der Waals surface area (Å²) < 4.78 is 11.8. The second kappa shape index (κ2) is 16.2. The highest BCUT2D eigenvalue weighted by Gasteiger charge is 2.35. The van der Waals surface area contributed by atoms with E-state index in [0.717, 1.165) is 42.0 Å². The van der Waals surface area contributed by atoms with Crippen LogP contribution in [0.1, 0.15) is 89.2 Å². The zero-order chi connectivity index (χ0) is 28.9. The number of carbonyl (C=O) groups excluding carboxylic acids is 1. The van der Waals surface area contributed by atoms with Gasteiger partial charge in [0.25, 0.3) is 5.91 Å². The molecule has 0 unspecified atom stereocenters. The van der Waals surface area contributed by atoms with Crippen molar-refractivity contribution in [2.75, 3.05) is 13.2 Å². The van der Waals surface area contributed by atoms with Crippen molar-refractivity contribution in [2.45, 2.75) is 84.5 Å². The van der Waals surface area contributed by atoms with E-state index in [1.165, 1.54) is 67.3 Å². The highest BCUT2D eigenvalue weighted by molar-refractivity contribution is 8.26. The number of nitrogens with zero attached hydrogens (tertiary/aromatic N) is 3. The Kier molecular flexibility index (Phi) is 12.0. The van der Waals surface area contributed by atoms with Crippen molar-refractivity contribution >= 4 is 39.8 Å². The number of aryl methyl sites for hydroxylation is 1. The Morgan fingerprint density at radius 2 is 1.54 bits per heavy atom. The minimum atomic E-state index is -0.417. The quantitative estimate of drug-likeness (QED) is 0.152. The van der Waals surface area contributed by atoms with Gasteiger partial charge < -0.3 is 9.47 Å². The summed E-state index contributed by atoms with van der Waals surface area (Å²) in [6.45, 7) is 5.25. The maximum Gasteiger partial charge on any atom is 0.283 e. The molecule has 4 rings (SSSR count). The molecule has 0 atom stereocenters. The Labute approximate surface area is 248 Å². The lowest BCUT2D eigenvalue weighted by atomic mass is 10.1. The van der Waals surface area contributed by atoms with Crippen molar-refractivity contribution in [3.63, 3.8) is 0 Å². The van der Waals surface area contributed by atoms with Crippen molar-refractivity contribution < 1.29 is 14.3 Å². The monoisotopic (exact) mass is 574 g/mol. The van der Waals surface area contributed by atoms with Crippen molar-refractivity contribution in [1.29, 1.82) is 5.41 Å². The maximum absolute atomic E-state index is 12.8. The molecular formula is C33H42N4O3S. The van der Waals surface area contributed by atoms with Gasteiger partial charge in [-0.15, -0.1) is 0 Å². The fourth-order valence-corrected chi connectivity index (χ4v) is 5.63. The molecule has 0 saturated carbocycles. The maximum atomic E-state index is 12.8. The smallest absolute Gasteiger partial charge is 0.283 e. The zero-order valence-electron chi connectivity index (χ0n) is 24.4. The molecule has 0 saturated heterocycles. The number of amidine groups is 2. The lowest BCUT2D eigenvalue weighted by Gasteiger charge is -2.20. The van der Waals surface area contributed by atoms with E-state index in [4.69, 9.17) is 14.9 Å². The molecule has 2 aliphatic rings. The third kappa shape index (κ3) is 9.32. The Balaban J connectivity index is 1.26. The van der Waals surface area contributed by atoms with Crippen LogP contribution in [0.3, 0.4) is 0 Å². The van der Waals surface area contributed by atoms with Gasteiger partial charge in [-0.25, -0.2) is 0 Å². The van der Waals surface area contributed by atoms with Crippen LogP contribution in [0.2, 0.25) is 0 Å². The van der Waals surface area contributed by atoms with Gasteiger partial charge in [-0.05, 0) is 78.9 Å². The molecule has 2 aromatic carbocycles. The molecule has 0 fully saturated rings. The van der Waals surface area contributed by atoms with Crippen LogP contribution in [0.5, 0.6) is 11.5 Å². The number of hydrogen-bond donors (Lipinski definition) is 1. The molecule has 1 amide bonds. The van der Waals surface area contributed by atoms with E-state index in [-0.39, 0.29) is 11.4 Å². The van der Waals surface area contributed by atoms with Crippen molar-refractivity contribution in [2.24, 2.45) is 10.1 Å². The van der Waals surface area contributed by atoms with Crippen molar-refractivity contribution in [3.8, 4) is 11.5 Å². The average Bonchev–Trinajstić information content (AvgIpc) is 3.39. The van der Waals surface area contributed by atoms with Gasteiger partial charge in [0.15, 0.2) is 5.84 Å². The molecule has 218 valence electrons. The van der Waals surface area contributed by atoms with Crippen LogP contribution < -0.4 is 9.47 Å². The Morgan fingerprint density at radius 1 is 0.854 bits per heavy atom. The fraction of sp³-hybridized carbons (Fsp3) is 0.455. The molecule has 2 aliphatic heterocycles. The number of amides is 1. The second-order valence-corrected chi connectivity index (χ2v) is 11.4. The topological polar surface area (TPSA) is 87.3 Å². The largest absolute Gasteiger partial charge is 0.490 e. The third-order valence-corrected chi connectivity index (χ3v) is 7.99. The first-order chi connectivity index (χ1) is 20.1. The molecule has 41 heavy (non-hydrogen) atoms. The highest BCUT2D eigenvalue weighted by atomic mass is 32.2.